The molecule has 0 fully saturated rings. The average Bonchev–Trinajstić information content (AvgIpc) is 3.05. The third-order valence-corrected chi connectivity index (χ3v) is 6.69. The monoisotopic (exact) mass is 416 g/mol. The molecular weight excluding hydrogens is 384 g/mol. The van der Waals surface area contributed by atoms with Crippen molar-refractivity contribution in [2.24, 2.45) is 0 Å². The van der Waals surface area contributed by atoms with E-state index in [4.69, 9.17) is 4.74 Å². The van der Waals surface area contributed by atoms with E-state index < -0.39 is 10.9 Å². The Bertz CT molecular complexity index is 1150. The fraction of sp³-hybridized carbons (Fsp3) is 0.429. The molecule has 0 atom stereocenters. The number of hydrogen-bond donors (Lipinski definition) is 0. The highest BCUT2D eigenvalue weighted by Gasteiger charge is 2.42. The Hall–Kier alpha value is -2.68. The molecule has 1 aliphatic rings. The second-order valence-electron chi connectivity index (χ2n) is 9.12. The van der Waals surface area contributed by atoms with Crippen molar-refractivity contribution in [1.29, 1.82) is 0 Å². The number of unbranched alkanes of at least 4 members (excludes halogenated alkanes) is 2. The van der Waals surface area contributed by atoms with Crippen LogP contribution in [-0.4, -0.2) is 6.10 Å². The highest BCUT2D eigenvalue weighted by Crippen LogP contribution is 2.54. The molecule has 3 aromatic carbocycles. The molecule has 0 unspecified atom stereocenters. The summed E-state index contributed by atoms with van der Waals surface area (Å²) in [6.45, 7) is 8.23. The van der Waals surface area contributed by atoms with E-state index in [9.17, 15) is 9.59 Å². The molecule has 0 saturated carbocycles. The molecule has 0 aromatic heterocycles. The average molecular weight is 417 g/mol. The van der Waals surface area contributed by atoms with Gasteiger partial charge in [-0.1, -0.05) is 75.9 Å². The van der Waals surface area contributed by atoms with Gasteiger partial charge in [0, 0.05) is 5.41 Å². The van der Waals surface area contributed by atoms with Gasteiger partial charge in [-0.25, -0.2) is 0 Å². The van der Waals surface area contributed by atoms with Gasteiger partial charge in [0.25, 0.3) is 5.43 Å². The van der Waals surface area contributed by atoms with Gasteiger partial charge in [-0.3, -0.25) is 9.59 Å². The molecule has 1 aliphatic carbocycles. The third kappa shape index (κ3) is 3.44. The van der Waals surface area contributed by atoms with Gasteiger partial charge >= 0.3 is 0 Å². The standard InChI is InChI=1S/C28H32O3/c1-5-7-15-28(16-8-6-2)22-12-10-9-11-20(22)21-14-13-19(17-23(21)28)24-25(29)26(30)27(24)31-18(3)4/h9-14,17-18H,5-8,15-16H2,1-4H3. The Labute approximate surface area is 184 Å². The number of benzene rings is 2. The van der Waals surface area contributed by atoms with E-state index in [1.54, 1.807) is 0 Å². The second-order valence-corrected chi connectivity index (χ2v) is 9.12. The number of ether oxygens (including phenoxy) is 1. The van der Waals surface area contributed by atoms with Gasteiger partial charge in [0.15, 0.2) is 5.75 Å². The minimum absolute atomic E-state index is 0.0373. The summed E-state index contributed by atoms with van der Waals surface area (Å²) in [4.78, 5) is 24.7. The van der Waals surface area contributed by atoms with Gasteiger partial charge in [0.2, 0.25) is 5.43 Å². The van der Waals surface area contributed by atoms with E-state index >= 15 is 0 Å². The summed E-state index contributed by atoms with van der Waals surface area (Å²) in [6.07, 6.45) is 6.66. The van der Waals surface area contributed by atoms with Crippen LogP contribution in [0.1, 0.15) is 77.3 Å². The second kappa shape index (κ2) is 8.45. The molecular formula is C28H32O3. The van der Waals surface area contributed by atoms with Gasteiger partial charge < -0.3 is 4.74 Å². The predicted octanol–water partition coefficient (Wildman–Crippen LogP) is 6.38. The first kappa shape index (κ1) is 21.5. The molecule has 4 rings (SSSR count). The largest absolute Gasteiger partial charge is 0.486 e. The maximum absolute atomic E-state index is 12.5. The van der Waals surface area contributed by atoms with Crippen LogP contribution in [0.3, 0.4) is 0 Å². The van der Waals surface area contributed by atoms with Crippen molar-refractivity contribution in [3.05, 3.63) is 74.0 Å². The summed E-state index contributed by atoms with van der Waals surface area (Å²) in [5, 5.41) is 0. The van der Waals surface area contributed by atoms with E-state index in [1.807, 2.05) is 19.9 Å². The summed E-state index contributed by atoms with van der Waals surface area (Å²) < 4.78 is 5.71. The minimum atomic E-state index is -0.504. The number of hydrogen-bond acceptors (Lipinski definition) is 3. The predicted molar refractivity (Wildman–Crippen MR) is 128 cm³/mol. The summed E-state index contributed by atoms with van der Waals surface area (Å²) in [5.41, 5.74) is 5.56. The molecule has 0 radical (unpaired) electrons. The molecule has 0 amide bonds. The first-order valence-electron chi connectivity index (χ1n) is 11.7. The highest BCUT2D eigenvalue weighted by molar-refractivity contribution is 5.85. The quantitative estimate of drug-likeness (QED) is 0.380. The van der Waals surface area contributed by atoms with Gasteiger partial charge in [-0.05, 0) is 60.6 Å². The third-order valence-electron chi connectivity index (χ3n) is 6.69. The molecule has 0 spiro atoms. The molecule has 162 valence electrons. The van der Waals surface area contributed by atoms with E-state index in [2.05, 4.69) is 50.2 Å². The number of rotatable bonds is 9. The van der Waals surface area contributed by atoms with Gasteiger partial charge in [-0.15, -0.1) is 0 Å². The van der Waals surface area contributed by atoms with Gasteiger partial charge in [0.05, 0.1) is 11.7 Å². The lowest BCUT2D eigenvalue weighted by molar-refractivity contribution is 0.238. The zero-order chi connectivity index (χ0) is 22.2. The Kier molecular flexibility index (Phi) is 5.88. The molecule has 3 aromatic rings. The van der Waals surface area contributed by atoms with Crippen LogP contribution < -0.4 is 15.6 Å². The van der Waals surface area contributed by atoms with Crippen LogP contribution in [-0.2, 0) is 5.41 Å². The molecule has 0 N–H and O–H groups in total. The molecule has 0 aliphatic heterocycles. The van der Waals surface area contributed by atoms with Crippen molar-refractivity contribution in [2.45, 2.75) is 77.7 Å². The lowest BCUT2D eigenvalue weighted by Crippen LogP contribution is -2.36. The Balaban J connectivity index is 1.90. The molecule has 3 nitrogen and oxygen atoms in total. The van der Waals surface area contributed by atoms with Crippen molar-refractivity contribution in [3.8, 4) is 28.0 Å². The lowest BCUT2D eigenvalue weighted by atomic mass is 9.70. The van der Waals surface area contributed by atoms with Crippen molar-refractivity contribution < 1.29 is 4.74 Å². The zero-order valence-electron chi connectivity index (χ0n) is 19.1. The summed E-state index contributed by atoms with van der Waals surface area (Å²) in [7, 11) is 0. The van der Waals surface area contributed by atoms with Crippen LogP contribution >= 0.6 is 0 Å². The summed E-state index contributed by atoms with van der Waals surface area (Å²) >= 11 is 0. The minimum Gasteiger partial charge on any atom is -0.486 e. The Morgan fingerprint density at radius 1 is 0.839 bits per heavy atom. The van der Waals surface area contributed by atoms with E-state index in [1.165, 1.54) is 22.3 Å². The molecule has 3 heteroatoms. The Morgan fingerprint density at radius 2 is 1.48 bits per heavy atom. The summed E-state index contributed by atoms with van der Waals surface area (Å²) in [5.74, 6) is 0.225. The number of fused-ring (bicyclic) bond motifs is 3. The SMILES string of the molecule is CCCCC1(CCCC)c2ccccc2-c2ccc(-c3c(OC(C)C)c(=O)c3=O)cc21. The van der Waals surface area contributed by atoms with E-state index in [0.717, 1.165) is 44.1 Å². The van der Waals surface area contributed by atoms with Crippen LogP contribution in [0.5, 0.6) is 5.75 Å². The van der Waals surface area contributed by atoms with Gasteiger partial charge in [-0.2, -0.15) is 0 Å². The van der Waals surface area contributed by atoms with Crippen LogP contribution in [0.2, 0.25) is 0 Å². The van der Waals surface area contributed by atoms with Crippen molar-refractivity contribution in [1.82, 2.24) is 0 Å². The van der Waals surface area contributed by atoms with Gasteiger partial charge in [0.1, 0.15) is 0 Å². The maximum atomic E-state index is 12.5. The van der Waals surface area contributed by atoms with Crippen molar-refractivity contribution in [2.75, 3.05) is 0 Å². The normalized spacial score (nSPS) is 14.1. The Morgan fingerprint density at radius 3 is 2.13 bits per heavy atom. The lowest BCUT2D eigenvalue weighted by Gasteiger charge is -2.33. The van der Waals surface area contributed by atoms with Crippen LogP contribution in [0.15, 0.2) is 52.1 Å². The molecule has 0 heterocycles. The fourth-order valence-electron chi connectivity index (χ4n) is 5.21. The molecule has 0 saturated heterocycles. The van der Waals surface area contributed by atoms with Crippen molar-refractivity contribution in [3.63, 3.8) is 0 Å². The maximum Gasteiger partial charge on any atom is 0.268 e. The van der Waals surface area contributed by atoms with Crippen LogP contribution in [0, 0.1) is 0 Å². The van der Waals surface area contributed by atoms with E-state index in [0.29, 0.717) is 5.56 Å². The summed E-state index contributed by atoms with van der Waals surface area (Å²) in [6, 6.07) is 15.0. The smallest absolute Gasteiger partial charge is 0.268 e. The van der Waals surface area contributed by atoms with Crippen molar-refractivity contribution >= 4 is 0 Å². The van der Waals surface area contributed by atoms with Crippen LogP contribution in [0.25, 0.3) is 22.3 Å². The first-order valence-corrected chi connectivity index (χ1v) is 11.7. The van der Waals surface area contributed by atoms with E-state index in [-0.39, 0.29) is 17.3 Å². The zero-order valence-corrected chi connectivity index (χ0v) is 19.1. The molecule has 0 bridgehead atoms. The topological polar surface area (TPSA) is 43.4 Å². The molecule has 31 heavy (non-hydrogen) atoms. The fourth-order valence-corrected chi connectivity index (χ4v) is 5.21. The van der Waals surface area contributed by atoms with Crippen LogP contribution in [0.4, 0.5) is 0 Å². The highest BCUT2D eigenvalue weighted by atomic mass is 16.5. The first-order chi connectivity index (χ1) is 14.9.